The second-order valence-corrected chi connectivity index (χ2v) is 5.90. The molecule has 0 amide bonds. The summed E-state index contributed by atoms with van der Waals surface area (Å²) in [5.41, 5.74) is 3.57. The number of nitrogens with zero attached hydrogens (tertiary/aromatic N) is 4. The second-order valence-electron chi connectivity index (χ2n) is 5.05. The van der Waals surface area contributed by atoms with Crippen LogP contribution in [0.1, 0.15) is 5.69 Å². The molecule has 0 unspecified atom stereocenters. The van der Waals surface area contributed by atoms with Gasteiger partial charge in [-0.2, -0.15) is 0 Å². The van der Waals surface area contributed by atoms with E-state index in [1.807, 2.05) is 29.0 Å². The molecule has 0 saturated carbocycles. The van der Waals surface area contributed by atoms with Crippen LogP contribution < -0.4 is 5.32 Å². The van der Waals surface area contributed by atoms with Crippen molar-refractivity contribution in [1.82, 2.24) is 19.4 Å². The average Bonchev–Trinajstić information content (AvgIpc) is 3.12. The van der Waals surface area contributed by atoms with E-state index in [0.29, 0.717) is 5.78 Å². The Morgan fingerprint density at radius 2 is 1.96 bits per heavy atom. The minimum Gasteiger partial charge on any atom is -0.508 e. The van der Waals surface area contributed by atoms with Crippen molar-refractivity contribution in [3.05, 3.63) is 53.8 Å². The number of aromatic hydroxyl groups is 1. The number of rotatable bonds is 3. The zero-order chi connectivity index (χ0) is 15.8. The first kappa shape index (κ1) is 16.4. The van der Waals surface area contributed by atoms with Crippen molar-refractivity contribution < 1.29 is 5.11 Å². The summed E-state index contributed by atoms with van der Waals surface area (Å²) in [4.78, 5) is 13.4. The van der Waals surface area contributed by atoms with Gasteiger partial charge in [-0.3, -0.25) is 4.40 Å². The zero-order valence-electron chi connectivity index (χ0n) is 12.7. The van der Waals surface area contributed by atoms with Crippen LogP contribution in [0.4, 0.5) is 10.8 Å². The number of nitrogens with one attached hydrogen (secondary N) is 1. The fourth-order valence-electron chi connectivity index (χ4n) is 2.41. The van der Waals surface area contributed by atoms with E-state index in [1.165, 1.54) is 11.3 Å². The Labute approximate surface area is 152 Å². The molecule has 0 aliphatic carbocycles. The van der Waals surface area contributed by atoms with E-state index in [1.54, 1.807) is 30.5 Å². The van der Waals surface area contributed by atoms with E-state index in [-0.39, 0.29) is 22.7 Å². The lowest BCUT2D eigenvalue weighted by atomic mass is 10.3. The maximum Gasteiger partial charge on any atom is 0.234 e. The van der Waals surface area contributed by atoms with Crippen molar-refractivity contribution in [2.75, 3.05) is 5.32 Å². The van der Waals surface area contributed by atoms with Gasteiger partial charge in [-0.15, -0.1) is 28.3 Å². The molecule has 24 heavy (non-hydrogen) atoms. The van der Waals surface area contributed by atoms with Gasteiger partial charge in [0.1, 0.15) is 11.4 Å². The van der Waals surface area contributed by atoms with Crippen LogP contribution in [-0.4, -0.2) is 24.5 Å². The van der Waals surface area contributed by atoms with Gasteiger partial charge in [-0.05, 0) is 37.3 Å². The number of phenols is 1. The van der Waals surface area contributed by atoms with Crippen LogP contribution in [-0.2, 0) is 0 Å². The largest absolute Gasteiger partial charge is 0.508 e. The number of phenolic OH excluding ortho intramolecular Hbond substituents is 1. The van der Waals surface area contributed by atoms with E-state index in [9.17, 15) is 5.11 Å². The highest BCUT2D eigenvalue weighted by molar-refractivity contribution is 8.93. The number of thiazole rings is 1. The summed E-state index contributed by atoms with van der Waals surface area (Å²) in [7, 11) is 0. The molecule has 0 radical (unpaired) electrons. The van der Waals surface area contributed by atoms with E-state index in [0.717, 1.165) is 27.9 Å². The molecule has 4 rings (SSSR count). The predicted octanol–water partition coefficient (Wildman–Crippen LogP) is 4.19. The molecule has 0 bridgehead atoms. The van der Waals surface area contributed by atoms with Crippen LogP contribution in [0.5, 0.6) is 5.75 Å². The fraction of sp³-hybridized carbons (Fsp3) is 0.0625. The molecule has 0 aliphatic rings. The number of aryl methyl sites for hydroxylation is 1. The third-order valence-corrected chi connectivity index (χ3v) is 4.20. The Balaban J connectivity index is 0.00000169. The lowest BCUT2D eigenvalue weighted by Gasteiger charge is -2.02. The average molecular weight is 404 g/mol. The number of fused-ring (bicyclic) bond motifs is 1. The Kier molecular flexibility index (Phi) is 4.50. The van der Waals surface area contributed by atoms with E-state index in [4.69, 9.17) is 0 Å². The van der Waals surface area contributed by atoms with Crippen LogP contribution in [0.2, 0.25) is 0 Å². The summed E-state index contributed by atoms with van der Waals surface area (Å²) in [5.74, 6) is 0.908. The van der Waals surface area contributed by atoms with Gasteiger partial charge in [0.25, 0.3) is 0 Å². The molecule has 0 atom stereocenters. The molecule has 3 heterocycles. The van der Waals surface area contributed by atoms with Gasteiger partial charge in [-0.1, -0.05) is 0 Å². The number of benzene rings is 1. The second kappa shape index (κ2) is 6.58. The van der Waals surface area contributed by atoms with Crippen LogP contribution in [0.3, 0.4) is 0 Å². The van der Waals surface area contributed by atoms with Gasteiger partial charge in [0, 0.05) is 23.5 Å². The minimum absolute atomic E-state index is 0. The molecular weight excluding hydrogens is 390 g/mol. The van der Waals surface area contributed by atoms with Crippen LogP contribution in [0.15, 0.2) is 48.1 Å². The molecule has 2 N–H and O–H groups in total. The first-order valence-electron chi connectivity index (χ1n) is 7.02. The number of imidazole rings is 1. The highest BCUT2D eigenvalue weighted by atomic mass is 79.9. The molecule has 6 nitrogen and oxygen atoms in total. The molecule has 1 aromatic carbocycles. The third-order valence-electron chi connectivity index (χ3n) is 3.44. The van der Waals surface area contributed by atoms with Crippen molar-refractivity contribution in [3.8, 4) is 17.1 Å². The Hall–Kier alpha value is -2.45. The van der Waals surface area contributed by atoms with Gasteiger partial charge >= 0.3 is 0 Å². The summed E-state index contributed by atoms with van der Waals surface area (Å²) in [6.07, 6.45) is 3.66. The van der Waals surface area contributed by atoms with E-state index < -0.39 is 0 Å². The SMILES string of the molecule is Br.Cc1nc2ncccn2c1-c1csc(Nc2ccc(O)cc2)n1. The highest BCUT2D eigenvalue weighted by Crippen LogP contribution is 2.29. The predicted molar refractivity (Wildman–Crippen MR) is 101 cm³/mol. The lowest BCUT2D eigenvalue weighted by Crippen LogP contribution is -1.92. The molecule has 0 saturated heterocycles. The fourth-order valence-corrected chi connectivity index (χ4v) is 3.13. The maximum atomic E-state index is 9.33. The van der Waals surface area contributed by atoms with Crippen molar-refractivity contribution in [2.24, 2.45) is 0 Å². The summed E-state index contributed by atoms with van der Waals surface area (Å²) < 4.78 is 1.94. The Morgan fingerprint density at radius 3 is 2.75 bits per heavy atom. The standard InChI is InChI=1S/C16H13N5OS.BrH/c1-10-14(21-8-2-7-17-15(21)18-10)13-9-23-16(20-13)19-11-3-5-12(22)6-4-11;/h2-9,22H,1H3,(H,19,20);1H. The van der Waals surface area contributed by atoms with Crippen molar-refractivity contribution in [3.63, 3.8) is 0 Å². The lowest BCUT2D eigenvalue weighted by molar-refractivity contribution is 0.475. The highest BCUT2D eigenvalue weighted by Gasteiger charge is 2.14. The normalized spacial score (nSPS) is 10.5. The van der Waals surface area contributed by atoms with Crippen molar-refractivity contribution >= 4 is 44.9 Å². The van der Waals surface area contributed by atoms with Crippen molar-refractivity contribution in [1.29, 1.82) is 0 Å². The topological polar surface area (TPSA) is 75.3 Å². The number of halogens is 1. The number of anilines is 2. The van der Waals surface area contributed by atoms with Crippen LogP contribution in [0.25, 0.3) is 17.2 Å². The van der Waals surface area contributed by atoms with Gasteiger partial charge < -0.3 is 10.4 Å². The quantitative estimate of drug-likeness (QED) is 0.501. The summed E-state index contributed by atoms with van der Waals surface area (Å²) in [5, 5.41) is 15.3. The van der Waals surface area contributed by atoms with Crippen LogP contribution >= 0.6 is 28.3 Å². The molecule has 0 fully saturated rings. The summed E-state index contributed by atoms with van der Waals surface area (Å²) in [6, 6.07) is 8.76. The maximum absolute atomic E-state index is 9.33. The van der Waals surface area contributed by atoms with Crippen molar-refractivity contribution in [2.45, 2.75) is 6.92 Å². The smallest absolute Gasteiger partial charge is 0.234 e. The molecule has 0 aliphatic heterocycles. The van der Waals surface area contributed by atoms with E-state index in [2.05, 4.69) is 20.3 Å². The number of hydrogen-bond donors (Lipinski definition) is 2. The third kappa shape index (κ3) is 2.98. The summed E-state index contributed by atoms with van der Waals surface area (Å²) >= 11 is 1.52. The first-order valence-corrected chi connectivity index (χ1v) is 7.90. The molecule has 122 valence electrons. The zero-order valence-corrected chi connectivity index (χ0v) is 15.2. The van der Waals surface area contributed by atoms with Gasteiger partial charge in [0.05, 0.1) is 11.4 Å². The molecular formula is C16H14BrN5OS. The molecule has 3 aromatic heterocycles. The molecule has 4 aromatic rings. The Morgan fingerprint density at radius 1 is 1.17 bits per heavy atom. The number of aromatic nitrogens is 4. The monoisotopic (exact) mass is 403 g/mol. The first-order chi connectivity index (χ1) is 11.2. The summed E-state index contributed by atoms with van der Waals surface area (Å²) in [6.45, 7) is 1.95. The Bertz CT molecular complexity index is 980. The van der Waals surface area contributed by atoms with Gasteiger partial charge in [0.15, 0.2) is 5.13 Å². The van der Waals surface area contributed by atoms with Gasteiger partial charge in [-0.25, -0.2) is 15.0 Å². The minimum atomic E-state index is 0. The van der Waals surface area contributed by atoms with Crippen LogP contribution in [0, 0.1) is 6.92 Å². The number of hydrogen-bond acceptors (Lipinski definition) is 6. The molecule has 8 heteroatoms. The van der Waals surface area contributed by atoms with E-state index >= 15 is 0 Å². The molecule has 0 spiro atoms. The van der Waals surface area contributed by atoms with Gasteiger partial charge in [0.2, 0.25) is 5.78 Å².